The van der Waals surface area contributed by atoms with Crippen molar-refractivity contribution in [3.8, 4) is 11.8 Å². The third-order valence-electron chi connectivity index (χ3n) is 5.01. The summed E-state index contributed by atoms with van der Waals surface area (Å²) in [6.45, 7) is 2.82. The Hall–Kier alpha value is -1.56. The molecule has 2 nitrogen and oxygen atoms in total. The Balaban J connectivity index is 1.62. The minimum absolute atomic E-state index is 0.257. The first-order chi connectivity index (χ1) is 11.2. The number of hydrogen-bond acceptors (Lipinski definition) is 2. The van der Waals surface area contributed by atoms with Crippen molar-refractivity contribution in [1.82, 2.24) is 0 Å². The van der Waals surface area contributed by atoms with Gasteiger partial charge in [0.1, 0.15) is 0 Å². The predicted octanol–water partition coefficient (Wildman–Crippen LogP) is 5.85. The van der Waals surface area contributed by atoms with Crippen LogP contribution >= 0.6 is 0 Å². The molecule has 0 spiro atoms. The van der Waals surface area contributed by atoms with E-state index in [-0.39, 0.29) is 5.75 Å². The Morgan fingerprint density at radius 3 is 2.35 bits per heavy atom. The molecule has 23 heavy (non-hydrogen) atoms. The summed E-state index contributed by atoms with van der Waals surface area (Å²) in [5, 5.41) is 8.72. The largest absolute Gasteiger partial charge is 0.491 e. The summed E-state index contributed by atoms with van der Waals surface area (Å²) in [5.74, 6) is 1.59. The van der Waals surface area contributed by atoms with Gasteiger partial charge in [-0.15, -0.1) is 0 Å². The van der Waals surface area contributed by atoms with Crippen molar-refractivity contribution < 1.29 is 9.13 Å². The molecule has 0 radical (unpaired) electrons. The van der Waals surface area contributed by atoms with Crippen LogP contribution in [0.5, 0.6) is 5.75 Å². The molecule has 0 aliphatic heterocycles. The number of nitrogens with zero attached hydrogens (tertiary/aromatic N) is 1. The van der Waals surface area contributed by atoms with E-state index >= 15 is 0 Å². The second-order valence-electron chi connectivity index (χ2n) is 6.78. The van der Waals surface area contributed by atoms with Crippen LogP contribution in [-0.2, 0) is 0 Å². The highest BCUT2D eigenvalue weighted by Gasteiger charge is 2.20. The SMILES string of the molecule is CCCC[C@H]1CC[C@H](CCCOc2ccc(C#N)cc2F)CC1. The molecular weight excluding hydrogens is 289 g/mol. The van der Waals surface area contributed by atoms with Crippen LogP contribution in [0.4, 0.5) is 4.39 Å². The molecule has 0 unspecified atom stereocenters. The molecule has 0 amide bonds. The van der Waals surface area contributed by atoms with Crippen LogP contribution in [0.2, 0.25) is 0 Å². The molecule has 126 valence electrons. The van der Waals surface area contributed by atoms with Crippen molar-refractivity contribution in [3.63, 3.8) is 0 Å². The van der Waals surface area contributed by atoms with Crippen LogP contribution in [-0.4, -0.2) is 6.61 Å². The second kappa shape index (κ2) is 9.55. The average molecular weight is 317 g/mol. The van der Waals surface area contributed by atoms with Crippen LogP contribution < -0.4 is 4.74 Å². The van der Waals surface area contributed by atoms with Crippen LogP contribution in [0.25, 0.3) is 0 Å². The lowest BCUT2D eigenvalue weighted by Gasteiger charge is -2.28. The zero-order chi connectivity index (χ0) is 16.5. The summed E-state index contributed by atoms with van der Waals surface area (Å²) in [6, 6.07) is 6.30. The zero-order valence-corrected chi connectivity index (χ0v) is 14.2. The Bertz CT molecular complexity index is 515. The summed E-state index contributed by atoms with van der Waals surface area (Å²) in [4.78, 5) is 0. The van der Waals surface area contributed by atoms with Gasteiger partial charge in [-0.1, -0.05) is 51.9 Å². The average Bonchev–Trinajstić information content (AvgIpc) is 2.59. The Morgan fingerprint density at radius 2 is 1.78 bits per heavy atom. The third kappa shape index (κ3) is 5.86. The van der Waals surface area contributed by atoms with Crippen molar-refractivity contribution >= 4 is 0 Å². The number of unbranched alkanes of at least 4 members (excludes halogenated alkanes) is 1. The maximum Gasteiger partial charge on any atom is 0.166 e. The molecule has 0 N–H and O–H groups in total. The summed E-state index contributed by atoms with van der Waals surface area (Å²) in [6.07, 6.45) is 11.7. The number of ether oxygens (including phenoxy) is 1. The number of hydrogen-bond donors (Lipinski definition) is 0. The number of benzene rings is 1. The van der Waals surface area contributed by atoms with Crippen molar-refractivity contribution in [2.75, 3.05) is 6.61 Å². The monoisotopic (exact) mass is 317 g/mol. The van der Waals surface area contributed by atoms with Gasteiger partial charge in [0.25, 0.3) is 0 Å². The van der Waals surface area contributed by atoms with Crippen molar-refractivity contribution in [1.29, 1.82) is 5.26 Å². The van der Waals surface area contributed by atoms with E-state index in [1.54, 1.807) is 12.1 Å². The summed E-state index contributed by atoms with van der Waals surface area (Å²) in [7, 11) is 0. The number of nitriles is 1. The van der Waals surface area contributed by atoms with Gasteiger partial charge in [-0.2, -0.15) is 5.26 Å². The minimum Gasteiger partial charge on any atom is -0.491 e. The van der Waals surface area contributed by atoms with E-state index in [1.807, 2.05) is 6.07 Å². The molecule has 0 bridgehead atoms. The van der Waals surface area contributed by atoms with Gasteiger partial charge < -0.3 is 4.74 Å². The first kappa shape index (κ1) is 17.8. The van der Waals surface area contributed by atoms with Gasteiger partial charge in [0, 0.05) is 0 Å². The van der Waals surface area contributed by atoms with Gasteiger partial charge >= 0.3 is 0 Å². The van der Waals surface area contributed by atoms with E-state index in [0.29, 0.717) is 12.2 Å². The first-order valence-corrected chi connectivity index (χ1v) is 9.05. The highest BCUT2D eigenvalue weighted by atomic mass is 19.1. The maximum absolute atomic E-state index is 13.7. The number of rotatable bonds is 8. The lowest BCUT2D eigenvalue weighted by Crippen LogP contribution is -2.15. The molecule has 0 aromatic heterocycles. The van der Waals surface area contributed by atoms with Gasteiger partial charge in [0.05, 0.1) is 18.2 Å². The Morgan fingerprint density at radius 1 is 1.13 bits per heavy atom. The van der Waals surface area contributed by atoms with Crippen molar-refractivity contribution in [2.45, 2.75) is 64.7 Å². The molecule has 1 aliphatic rings. The standard InChI is InChI=1S/C20H28FNO/c1-2-3-5-16-7-9-17(10-8-16)6-4-13-23-20-12-11-18(15-22)14-19(20)21/h11-12,14,16-17H,2-10,13H2,1H3/t16-,17-. The van der Waals surface area contributed by atoms with Gasteiger partial charge in [0.15, 0.2) is 11.6 Å². The molecular formula is C20H28FNO. The molecule has 1 fully saturated rings. The van der Waals surface area contributed by atoms with Crippen molar-refractivity contribution in [2.24, 2.45) is 11.8 Å². The maximum atomic E-state index is 13.7. The second-order valence-corrected chi connectivity index (χ2v) is 6.78. The summed E-state index contributed by atoms with van der Waals surface area (Å²) in [5.41, 5.74) is 0.328. The molecule has 0 atom stereocenters. The highest BCUT2D eigenvalue weighted by molar-refractivity contribution is 5.35. The highest BCUT2D eigenvalue weighted by Crippen LogP contribution is 2.34. The van der Waals surface area contributed by atoms with E-state index < -0.39 is 5.82 Å². The van der Waals surface area contributed by atoms with Gasteiger partial charge in [-0.05, 0) is 42.9 Å². The molecule has 1 saturated carbocycles. The fourth-order valence-electron chi connectivity index (χ4n) is 3.54. The molecule has 0 saturated heterocycles. The van der Waals surface area contributed by atoms with E-state index in [9.17, 15) is 4.39 Å². The van der Waals surface area contributed by atoms with Crippen LogP contribution in [0.3, 0.4) is 0 Å². The fourth-order valence-corrected chi connectivity index (χ4v) is 3.54. The molecule has 0 heterocycles. The van der Waals surface area contributed by atoms with Crippen LogP contribution in [0.15, 0.2) is 18.2 Å². The number of halogens is 1. The van der Waals surface area contributed by atoms with Gasteiger partial charge in [0.2, 0.25) is 0 Å². The van der Waals surface area contributed by atoms with Gasteiger partial charge in [-0.25, -0.2) is 4.39 Å². The topological polar surface area (TPSA) is 33.0 Å². The zero-order valence-electron chi connectivity index (χ0n) is 14.2. The summed E-state index contributed by atoms with van der Waals surface area (Å²) < 4.78 is 19.2. The van der Waals surface area contributed by atoms with Crippen molar-refractivity contribution in [3.05, 3.63) is 29.6 Å². The van der Waals surface area contributed by atoms with Gasteiger partial charge in [-0.3, -0.25) is 0 Å². The predicted molar refractivity (Wildman–Crippen MR) is 90.8 cm³/mol. The normalized spacial score (nSPS) is 20.9. The van der Waals surface area contributed by atoms with Crippen LogP contribution in [0.1, 0.15) is 70.3 Å². The first-order valence-electron chi connectivity index (χ1n) is 9.05. The molecule has 1 aliphatic carbocycles. The smallest absolute Gasteiger partial charge is 0.166 e. The summed E-state index contributed by atoms with van der Waals surface area (Å²) >= 11 is 0. The van der Waals surface area contributed by atoms with E-state index in [4.69, 9.17) is 10.00 Å². The molecule has 1 aromatic rings. The minimum atomic E-state index is -0.444. The molecule has 1 aromatic carbocycles. The Kier molecular flexibility index (Phi) is 7.39. The Labute approximate surface area is 139 Å². The lowest BCUT2D eigenvalue weighted by atomic mass is 9.78. The quantitative estimate of drug-likeness (QED) is 0.563. The van der Waals surface area contributed by atoms with E-state index in [0.717, 1.165) is 18.3 Å². The van der Waals surface area contributed by atoms with Crippen LogP contribution in [0, 0.1) is 29.0 Å². The molecule has 2 rings (SSSR count). The fraction of sp³-hybridized carbons (Fsp3) is 0.650. The lowest BCUT2D eigenvalue weighted by molar-refractivity contribution is 0.226. The third-order valence-corrected chi connectivity index (χ3v) is 5.01. The van der Waals surface area contributed by atoms with E-state index in [1.165, 1.54) is 57.4 Å². The van der Waals surface area contributed by atoms with E-state index in [2.05, 4.69) is 6.92 Å². The molecule has 3 heteroatoms.